The fraction of sp³-hybridized carbons (Fsp3) is 0.800. The van der Waals surface area contributed by atoms with Gasteiger partial charge in [0, 0.05) is 18.2 Å². The van der Waals surface area contributed by atoms with Gasteiger partial charge in [-0.3, -0.25) is 0 Å². The molecule has 0 radical (unpaired) electrons. The van der Waals surface area contributed by atoms with Crippen LogP contribution in [0.25, 0.3) is 0 Å². The normalized spacial score (nSPS) is 19.6. The van der Waals surface area contributed by atoms with Crippen molar-refractivity contribution in [2.45, 2.75) is 58.4 Å². The van der Waals surface area contributed by atoms with Gasteiger partial charge in [-0.05, 0) is 32.1 Å². The molecule has 3 nitrogen and oxygen atoms in total. The Kier molecular flexibility index (Phi) is 7.02. The molecule has 1 rings (SSSR count). The second-order valence-corrected chi connectivity index (χ2v) is 5.17. The first-order valence-electron chi connectivity index (χ1n) is 7.19. The number of methoxy groups -OCH3 is 1. The number of ether oxygens (including phenoxy) is 1. The second-order valence-electron chi connectivity index (χ2n) is 5.17. The van der Waals surface area contributed by atoms with E-state index in [1.807, 2.05) is 13.0 Å². The van der Waals surface area contributed by atoms with Crippen LogP contribution in [0.1, 0.15) is 52.4 Å². The van der Waals surface area contributed by atoms with Gasteiger partial charge in [0.15, 0.2) is 0 Å². The van der Waals surface area contributed by atoms with Gasteiger partial charge in [-0.1, -0.05) is 32.3 Å². The van der Waals surface area contributed by atoms with E-state index in [9.17, 15) is 4.79 Å². The van der Waals surface area contributed by atoms with Crippen LogP contribution >= 0.6 is 0 Å². The summed E-state index contributed by atoms with van der Waals surface area (Å²) in [6.07, 6.45) is 9.51. The summed E-state index contributed by atoms with van der Waals surface area (Å²) >= 11 is 0. The van der Waals surface area contributed by atoms with E-state index in [0.29, 0.717) is 6.04 Å². The molecular formula is C15H27NO2. The average Bonchev–Trinajstić information content (AvgIpc) is 2.43. The summed E-state index contributed by atoms with van der Waals surface area (Å²) in [5, 5.41) is 3.51. The molecule has 18 heavy (non-hydrogen) atoms. The second kappa shape index (κ2) is 8.30. The minimum absolute atomic E-state index is 0.204. The quantitative estimate of drug-likeness (QED) is 0.584. The number of hydrogen-bond acceptors (Lipinski definition) is 3. The number of esters is 1. The monoisotopic (exact) mass is 253 g/mol. The zero-order valence-corrected chi connectivity index (χ0v) is 12.0. The van der Waals surface area contributed by atoms with E-state index >= 15 is 0 Å². The average molecular weight is 253 g/mol. The Morgan fingerprint density at radius 1 is 1.39 bits per heavy atom. The molecule has 1 saturated carbocycles. The fourth-order valence-electron chi connectivity index (χ4n) is 2.67. The molecule has 1 aliphatic carbocycles. The highest BCUT2D eigenvalue weighted by atomic mass is 16.5. The van der Waals surface area contributed by atoms with Gasteiger partial charge in [0.2, 0.25) is 0 Å². The van der Waals surface area contributed by atoms with Gasteiger partial charge in [0.05, 0.1) is 7.11 Å². The SMILES string of the molecule is CCC(=CCN[C@@H](C)C1CCCCC1)C(=O)OC. The van der Waals surface area contributed by atoms with Crippen LogP contribution in [0.15, 0.2) is 11.6 Å². The lowest BCUT2D eigenvalue weighted by molar-refractivity contribution is -0.136. The molecule has 1 aliphatic rings. The smallest absolute Gasteiger partial charge is 0.333 e. The summed E-state index contributed by atoms with van der Waals surface area (Å²) in [5.41, 5.74) is 0.765. The summed E-state index contributed by atoms with van der Waals surface area (Å²) < 4.78 is 4.74. The summed E-state index contributed by atoms with van der Waals surface area (Å²) in [6, 6.07) is 0.539. The molecule has 0 aromatic carbocycles. The third kappa shape index (κ3) is 4.81. The zero-order valence-electron chi connectivity index (χ0n) is 12.0. The van der Waals surface area contributed by atoms with E-state index in [2.05, 4.69) is 12.2 Å². The Hall–Kier alpha value is -0.830. The first kappa shape index (κ1) is 15.2. The Bertz CT molecular complexity index is 280. The van der Waals surface area contributed by atoms with E-state index in [1.165, 1.54) is 39.2 Å². The van der Waals surface area contributed by atoms with Crippen molar-refractivity contribution < 1.29 is 9.53 Å². The molecule has 0 unspecified atom stereocenters. The molecule has 0 spiro atoms. The maximum atomic E-state index is 11.4. The van der Waals surface area contributed by atoms with Crippen molar-refractivity contribution in [2.75, 3.05) is 13.7 Å². The Labute approximate surface area is 111 Å². The topological polar surface area (TPSA) is 38.3 Å². The van der Waals surface area contributed by atoms with Crippen LogP contribution in [0.5, 0.6) is 0 Å². The molecule has 0 aromatic heterocycles. The number of nitrogens with one attached hydrogen (secondary N) is 1. The highest BCUT2D eigenvalue weighted by Gasteiger charge is 2.19. The van der Waals surface area contributed by atoms with Gasteiger partial charge in [-0.25, -0.2) is 4.79 Å². The molecule has 0 heterocycles. The van der Waals surface area contributed by atoms with Gasteiger partial charge in [-0.15, -0.1) is 0 Å². The number of carbonyl (C=O) groups excluding carboxylic acids is 1. The minimum atomic E-state index is -0.204. The van der Waals surface area contributed by atoms with Gasteiger partial charge >= 0.3 is 5.97 Å². The van der Waals surface area contributed by atoms with E-state index in [1.54, 1.807) is 0 Å². The van der Waals surface area contributed by atoms with Crippen molar-refractivity contribution in [3.63, 3.8) is 0 Å². The predicted molar refractivity (Wildman–Crippen MR) is 74.4 cm³/mol. The Balaban J connectivity index is 2.34. The number of hydrogen-bond donors (Lipinski definition) is 1. The molecular weight excluding hydrogens is 226 g/mol. The molecule has 1 atom stereocenters. The molecule has 0 aromatic rings. The van der Waals surface area contributed by atoms with Crippen LogP contribution in [0, 0.1) is 5.92 Å². The maximum absolute atomic E-state index is 11.4. The Morgan fingerprint density at radius 2 is 2.06 bits per heavy atom. The molecule has 0 amide bonds. The zero-order chi connectivity index (χ0) is 13.4. The van der Waals surface area contributed by atoms with E-state index in [0.717, 1.165) is 24.5 Å². The van der Waals surface area contributed by atoms with Crippen LogP contribution in [0.2, 0.25) is 0 Å². The molecule has 0 saturated heterocycles. The number of rotatable bonds is 6. The Morgan fingerprint density at radius 3 is 2.61 bits per heavy atom. The van der Waals surface area contributed by atoms with Crippen molar-refractivity contribution in [1.82, 2.24) is 5.32 Å². The molecule has 1 N–H and O–H groups in total. The third-order valence-electron chi connectivity index (χ3n) is 3.97. The fourth-order valence-corrected chi connectivity index (χ4v) is 2.67. The van der Waals surface area contributed by atoms with Crippen LogP contribution in [-0.2, 0) is 9.53 Å². The number of carbonyl (C=O) groups is 1. The van der Waals surface area contributed by atoms with Gasteiger partial charge in [0.25, 0.3) is 0 Å². The first-order valence-corrected chi connectivity index (χ1v) is 7.19. The first-order chi connectivity index (χ1) is 8.69. The van der Waals surface area contributed by atoms with Crippen molar-refractivity contribution in [3.8, 4) is 0 Å². The van der Waals surface area contributed by atoms with E-state index in [-0.39, 0.29) is 5.97 Å². The summed E-state index contributed by atoms with van der Waals surface area (Å²) in [5.74, 6) is 0.597. The molecule has 3 heteroatoms. The third-order valence-corrected chi connectivity index (χ3v) is 3.97. The molecule has 104 valence electrons. The highest BCUT2D eigenvalue weighted by Crippen LogP contribution is 2.26. The minimum Gasteiger partial charge on any atom is -0.466 e. The lowest BCUT2D eigenvalue weighted by Gasteiger charge is -2.28. The molecule has 1 fully saturated rings. The van der Waals surface area contributed by atoms with Crippen molar-refractivity contribution in [1.29, 1.82) is 0 Å². The van der Waals surface area contributed by atoms with Crippen molar-refractivity contribution in [3.05, 3.63) is 11.6 Å². The van der Waals surface area contributed by atoms with Crippen molar-refractivity contribution in [2.24, 2.45) is 5.92 Å². The molecule has 0 aliphatic heterocycles. The standard InChI is InChI=1S/C15H27NO2/c1-4-13(15(17)18-3)10-11-16-12(2)14-8-6-5-7-9-14/h10,12,14,16H,4-9,11H2,1-3H3/t12-/m0/s1. The summed E-state index contributed by atoms with van der Waals surface area (Å²) in [4.78, 5) is 11.4. The van der Waals surface area contributed by atoms with Crippen LogP contribution in [0.4, 0.5) is 0 Å². The lowest BCUT2D eigenvalue weighted by Crippen LogP contribution is -2.34. The van der Waals surface area contributed by atoms with Crippen molar-refractivity contribution >= 4 is 5.97 Å². The van der Waals surface area contributed by atoms with Gasteiger partial charge in [-0.2, -0.15) is 0 Å². The predicted octanol–water partition coefficient (Wildman–Crippen LogP) is 3.05. The summed E-state index contributed by atoms with van der Waals surface area (Å²) in [6.45, 7) is 5.00. The lowest BCUT2D eigenvalue weighted by atomic mass is 9.84. The van der Waals surface area contributed by atoms with Crippen LogP contribution < -0.4 is 5.32 Å². The van der Waals surface area contributed by atoms with Crippen LogP contribution in [0.3, 0.4) is 0 Å². The summed E-state index contributed by atoms with van der Waals surface area (Å²) in [7, 11) is 1.43. The van der Waals surface area contributed by atoms with E-state index in [4.69, 9.17) is 4.74 Å². The van der Waals surface area contributed by atoms with Gasteiger partial charge < -0.3 is 10.1 Å². The van der Waals surface area contributed by atoms with Crippen LogP contribution in [-0.4, -0.2) is 25.7 Å². The molecule has 0 bridgehead atoms. The van der Waals surface area contributed by atoms with E-state index < -0.39 is 0 Å². The highest BCUT2D eigenvalue weighted by molar-refractivity contribution is 5.88. The largest absolute Gasteiger partial charge is 0.466 e. The maximum Gasteiger partial charge on any atom is 0.333 e. The van der Waals surface area contributed by atoms with Gasteiger partial charge in [0.1, 0.15) is 0 Å².